The van der Waals surface area contributed by atoms with Crippen molar-refractivity contribution in [1.82, 2.24) is 0 Å². The number of carbonyl (C=O) groups is 1. The maximum Gasteiger partial charge on any atom is 0.387 e. The molecule has 2 aliphatic rings. The van der Waals surface area contributed by atoms with Crippen molar-refractivity contribution < 1.29 is 27.8 Å². The summed E-state index contributed by atoms with van der Waals surface area (Å²) >= 11 is 0. The van der Waals surface area contributed by atoms with Crippen LogP contribution in [0.4, 0.5) is 8.78 Å². The zero-order valence-electron chi connectivity index (χ0n) is 17.9. The molecule has 1 unspecified atom stereocenters. The Kier molecular flexibility index (Phi) is 6.28. The van der Waals surface area contributed by atoms with E-state index in [9.17, 15) is 13.6 Å². The van der Waals surface area contributed by atoms with E-state index in [4.69, 9.17) is 9.47 Å². The molecule has 1 heterocycles. The topological polar surface area (TPSA) is 44.8 Å². The Morgan fingerprint density at radius 2 is 1.74 bits per heavy atom. The summed E-state index contributed by atoms with van der Waals surface area (Å²) in [5.74, 6) is 0.409. The van der Waals surface area contributed by atoms with Gasteiger partial charge in [-0.15, -0.1) is 0 Å². The third kappa shape index (κ3) is 4.74. The number of ether oxygens (including phenoxy) is 3. The average molecular weight is 430 g/mol. The summed E-state index contributed by atoms with van der Waals surface area (Å²) in [7, 11) is 0. The highest BCUT2D eigenvalue weighted by Gasteiger charge is 2.45. The SMILES string of the molecule is CC(C)OC1CC2(CCC(C(=O)c3ccccc3OC(F)F)CC2)Oc2ccccc21. The number of rotatable bonds is 6. The second-order valence-corrected chi connectivity index (χ2v) is 8.71. The van der Waals surface area contributed by atoms with Crippen molar-refractivity contribution >= 4 is 5.78 Å². The Labute approximate surface area is 181 Å². The Balaban J connectivity index is 1.49. The molecule has 1 saturated carbocycles. The van der Waals surface area contributed by atoms with E-state index in [1.54, 1.807) is 18.2 Å². The lowest BCUT2D eigenvalue weighted by Gasteiger charge is -2.46. The zero-order valence-corrected chi connectivity index (χ0v) is 17.9. The summed E-state index contributed by atoms with van der Waals surface area (Å²) in [4.78, 5) is 13.1. The molecule has 0 N–H and O–H groups in total. The van der Waals surface area contributed by atoms with Gasteiger partial charge in [-0.25, -0.2) is 0 Å². The van der Waals surface area contributed by atoms with E-state index in [0.717, 1.165) is 17.7 Å². The number of hydrogen-bond acceptors (Lipinski definition) is 4. The molecular weight excluding hydrogens is 402 g/mol. The number of Topliss-reactive ketones (excluding diaryl/α,β-unsaturated/α-hetero) is 1. The van der Waals surface area contributed by atoms with E-state index < -0.39 is 6.61 Å². The van der Waals surface area contributed by atoms with Crippen molar-refractivity contribution in [2.24, 2.45) is 5.92 Å². The van der Waals surface area contributed by atoms with Crippen LogP contribution in [-0.4, -0.2) is 24.1 Å². The minimum absolute atomic E-state index is 0.0441. The third-order valence-corrected chi connectivity index (χ3v) is 6.22. The quantitative estimate of drug-likeness (QED) is 0.501. The predicted octanol–water partition coefficient (Wildman–Crippen LogP) is 6.35. The minimum atomic E-state index is -2.96. The number of para-hydroxylation sites is 2. The molecule has 1 atom stereocenters. The van der Waals surface area contributed by atoms with E-state index in [1.807, 2.05) is 38.1 Å². The summed E-state index contributed by atoms with van der Waals surface area (Å²) in [6, 6.07) is 14.2. The number of carbonyl (C=O) groups excluding carboxylic acids is 1. The van der Waals surface area contributed by atoms with Crippen LogP contribution in [0.1, 0.15) is 68.0 Å². The van der Waals surface area contributed by atoms with Gasteiger partial charge in [-0.2, -0.15) is 8.78 Å². The fourth-order valence-electron chi connectivity index (χ4n) is 4.81. The molecule has 4 nitrogen and oxygen atoms in total. The van der Waals surface area contributed by atoms with E-state index in [-0.39, 0.29) is 40.8 Å². The minimum Gasteiger partial charge on any atom is -0.487 e. The molecule has 0 radical (unpaired) electrons. The normalized spacial score (nSPS) is 25.4. The molecule has 0 saturated heterocycles. The van der Waals surface area contributed by atoms with Gasteiger partial charge in [-0.1, -0.05) is 30.3 Å². The van der Waals surface area contributed by atoms with Crippen LogP contribution in [0.5, 0.6) is 11.5 Å². The maximum atomic E-state index is 13.1. The van der Waals surface area contributed by atoms with Crippen molar-refractivity contribution in [3.63, 3.8) is 0 Å². The number of halogens is 2. The second kappa shape index (κ2) is 8.95. The molecule has 1 aliphatic carbocycles. The Morgan fingerprint density at radius 3 is 2.45 bits per heavy atom. The third-order valence-electron chi connectivity index (χ3n) is 6.22. The molecule has 1 fully saturated rings. The van der Waals surface area contributed by atoms with Gasteiger partial charge in [-0.05, 0) is 57.7 Å². The fraction of sp³-hybridized carbons (Fsp3) is 0.480. The molecule has 2 aromatic rings. The standard InChI is InChI=1S/C25H28F2O4/c1-16(2)29-22-15-25(31-21-10-6-3-7-18(21)22)13-11-17(12-14-25)23(28)19-8-4-5-9-20(19)30-24(26)27/h3-10,16-17,22,24H,11-15H2,1-2H3. The maximum absolute atomic E-state index is 13.1. The lowest BCUT2D eigenvalue weighted by molar-refractivity contribution is -0.0849. The molecule has 1 spiro atoms. The van der Waals surface area contributed by atoms with Gasteiger partial charge in [0.15, 0.2) is 5.78 Å². The van der Waals surface area contributed by atoms with Gasteiger partial charge in [0.05, 0.1) is 17.8 Å². The van der Waals surface area contributed by atoms with Crippen molar-refractivity contribution in [2.75, 3.05) is 0 Å². The summed E-state index contributed by atoms with van der Waals surface area (Å²) in [6.45, 7) is 1.09. The first-order chi connectivity index (χ1) is 14.9. The van der Waals surface area contributed by atoms with Gasteiger partial charge in [0.2, 0.25) is 0 Å². The Bertz CT molecular complexity index is 919. The molecular formula is C25H28F2O4. The van der Waals surface area contributed by atoms with Crippen molar-refractivity contribution in [1.29, 1.82) is 0 Å². The molecule has 31 heavy (non-hydrogen) atoms. The molecule has 2 aromatic carbocycles. The van der Waals surface area contributed by atoms with Crippen molar-refractivity contribution in [3.05, 3.63) is 59.7 Å². The van der Waals surface area contributed by atoms with Crippen LogP contribution in [0.25, 0.3) is 0 Å². The highest BCUT2D eigenvalue weighted by molar-refractivity contribution is 6.00. The number of benzene rings is 2. The van der Waals surface area contributed by atoms with Crippen LogP contribution < -0.4 is 9.47 Å². The molecule has 0 aromatic heterocycles. The van der Waals surface area contributed by atoms with E-state index in [2.05, 4.69) is 4.74 Å². The molecule has 166 valence electrons. The first kappa shape index (κ1) is 21.8. The second-order valence-electron chi connectivity index (χ2n) is 8.71. The highest BCUT2D eigenvalue weighted by atomic mass is 19.3. The van der Waals surface area contributed by atoms with Gasteiger partial charge < -0.3 is 14.2 Å². The van der Waals surface area contributed by atoms with Crippen LogP contribution in [0.15, 0.2) is 48.5 Å². The van der Waals surface area contributed by atoms with Crippen molar-refractivity contribution in [2.45, 2.75) is 70.4 Å². The largest absolute Gasteiger partial charge is 0.487 e. The first-order valence-electron chi connectivity index (χ1n) is 10.9. The molecule has 4 rings (SSSR count). The summed E-state index contributed by atoms with van der Waals surface area (Å²) in [5, 5.41) is 0. The van der Waals surface area contributed by atoms with Crippen LogP contribution >= 0.6 is 0 Å². The van der Waals surface area contributed by atoms with Crippen LogP contribution in [0.2, 0.25) is 0 Å². The monoisotopic (exact) mass is 430 g/mol. The predicted molar refractivity (Wildman–Crippen MR) is 113 cm³/mol. The van der Waals surface area contributed by atoms with E-state index in [0.29, 0.717) is 25.7 Å². The number of ketones is 1. The van der Waals surface area contributed by atoms with Gasteiger partial charge >= 0.3 is 6.61 Å². The van der Waals surface area contributed by atoms with Gasteiger partial charge in [-0.3, -0.25) is 4.79 Å². The zero-order chi connectivity index (χ0) is 22.0. The molecule has 6 heteroatoms. The lowest BCUT2D eigenvalue weighted by Crippen LogP contribution is -2.45. The summed E-state index contributed by atoms with van der Waals surface area (Å²) in [5.41, 5.74) is 0.918. The van der Waals surface area contributed by atoms with Gasteiger partial charge in [0.1, 0.15) is 17.1 Å². The van der Waals surface area contributed by atoms with E-state index in [1.165, 1.54) is 6.07 Å². The Hall–Kier alpha value is -2.47. The number of alkyl halides is 2. The molecule has 1 aliphatic heterocycles. The van der Waals surface area contributed by atoms with Crippen molar-refractivity contribution in [3.8, 4) is 11.5 Å². The van der Waals surface area contributed by atoms with Gasteiger partial charge in [0.25, 0.3) is 0 Å². The van der Waals surface area contributed by atoms with E-state index >= 15 is 0 Å². The number of fused-ring (bicyclic) bond motifs is 1. The molecule has 0 bridgehead atoms. The fourth-order valence-corrected chi connectivity index (χ4v) is 4.81. The smallest absolute Gasteiger partial charge is 0.387 e. The van der Waals surface area contributed by atoms with Crippen LogP contribution in [-0.2, 0) is 4.74 Å². The Morgan fingerprint density at radius 1 is 1.06 bits per heavy atom. The van der Waals surface area contributed by atoms with Gasteiger partial charge in [0, 0.05) is 17.9 Å². The summed E-state index contributed by atoms with van der Waals surface area (Å²) in [6.07, 6.45) is 3.50. The van der Waals surface area contributed by atoms with Crippen LogP contribution in [0, 0.1) is 5.92 Å². The summed E-state index contributed by atoms with van der Waals surface area (Å²) < 4.78 is 42.7. The highest BCUT2D eigenvalue weighted by Crippen LogP contribution is 2.49. The van der Waals surface area contributed by atoms with Crippen LogP contribution in [0.3, 0.4) is 0 Å². The first-order valence-corrected chi connectivity index (χ1v) is 10.9. The lowest BCUT2D eigenvalue weighted by atomic mass is 9.72. The number of hydrogen-bond donors (Lipinski definition) is 0. The molecule has 0 amide bonds. The average Bonchev–Trinajstić information content (AvgIpc) is 2.73.